The molecule has 210 valence electrons. The summed E-state index contributed by atoms with van der Waals surface area (Å²) < 4.78 is 9.52. The summed E-state index contributed by atoms with van der Waals surface area (Å²) in [6.45, 7) is 11.7. The summed E-state index contributed by atoms with van der Waals surface area (Å²) in [4.78, 5) is 71.8. The third-order valence-corrected chi connectivity index (χ3v) is 7.01. The average Bonchev–Trinajstić information content (AvgIpc) is 3.41. The van der Waals surface area contributed by atoms with E-state index in [1.54, 1.807) is 13.8 Å². The van der Waals surface area contributed by atoms with Crippen LogP contribution in [0.4, 0.5) is 0 Å². The topological polar surface area (TPSA) is 211 Å². The monoisotopic (exact) mass is 537 g/mol. The molecule has 2 heterocycles. The highest BCUT2D eigenvalue weighted by Gasteiger charge is 2.43. The van der Waals surface area contributed by atoms with Crippen LogP contribution in [0.1, 0.15) is 39.5 Å². The Morgan fingerprint density at radius 3 is 1.63 bits per heavy atom. The number of hydrogen-bond acceptors (Lipinski definition) is 11. The highest BCUT2D eigenvalue weighted by molar-refractivity contribution is 5.90. The number of carboxylic acid groups (broad SMARTS) is 2. The molecule has 2 saturated heterocycles. The molecule has 0 spiro atoms. The van der Waals surface area contributed by atoms with Crippen molar-refractivity contribution in [3.05, 3.63) is 24.3 Å². The Morgan fingerprint density at radius 2 is 1.24 bits per heavy atom. The van der Waals surface area contributed by atoms with Gasteiger partial charge in [0.05, 0.1) is 12.8 Å². The van der Waals surface area contributed by atoms with Gasteiger partial charge in [-0.15, -0.1) is 0 Å². The first-order valence-corrected chi connectivity index (χ1v) is 12.2. The number of ether oxygens (including phenoxy) is 2. The molecular weight excluding hydrogens is 502 g/mol. The fourth-order valence-electron chi connectivity index (χ4n) is 4.94. The van der Waals surface area contributed by atoms with Crippen LogP contribution < -0.4 is 16.4 Å². The molecule has 0 bridgehead atoms. The van der Waals surface area contributed by atoms with Crippen LogP contribution in [0.15, 0.2) is 24.3 Å². The van der Waals surface area contributed by atoms with Crippen LogP contribution in [-0.4, -0.2) is 77.2 Å². The molecule has 13 heteroatoms. The van der Waals surface area contributed by atoms with Crippen molar-refractivity contribution in [1.82, 2.24) is 10.6 Å². The van der Waals surface area contributed by atoms with Crippen LogP contribution in [0.2, 0.25) is 0 Å². The lowest BCUT2D eigenvalue weighted by molar-refractivity contribution is -0.161. The van der Waals surface area contributed by atoms with Crippen LogP contribution in [0.3, 0.4) is 0 Å². The van der Waals surface area contributed by atoms with Crippen LogP contribution in [0.25, 0.3) is 0 Å². The average molecular weight is 538 g/mol. The quantitative estimate of drug-likeness (QED) is 0.124. The van der Waals surface area contributed by atoms with Crippen molar-refractivity contribution in [2.24, 2.45) is 29.4 Å². The van der Waals surface area contributed by atoms with Gasteiger partial charge in [-0.25, -0.2) is 4.79 Å². The normalized spacial score (nSPS) is 27.2. The molecule has 2 fully saturated rings. The third kappa shape index (κ3) is 8.04. The number of nitrogens with two attached hydrogens (primary N) is 1. The highest BCUT2D eigenvalue weighted by Crippen LogP contribution is 2.32. The Bertz CT molecular complexity index is 965. The Kier molecular flexibility index (Phi) is 10.9. The predicted molar refractivity (Wildman–Crippen MR) is 131 cm³/mol. The number of nitrogens with one attached hydrogen (secondary N) is 2. The number of hydrogen-bond donors (Lipinski definition) is 5. The third-order valence-electron chi connectivity index (χ3n) is 7.01. The summed E-state index contributed by atoms with van der Waals surface area (Å²) in [5.41, 5.74) is 7.10. The summed E-state index contributed by atoms with van der Waals surface area (Å²) in [7, 11) is 0. The van der Waals surface area contributed by atoms with E-state index >= 15 is 0 Å². The van der Waals surface area contributed by atoms with Gasteiger partial charge in [-0.2, -0.15) is 0 Å². The van der Waals surface area contributed by atoms with Gasteiger partial charge < -0.3 is 36.1 Å². The zero-order valence-electron chi connectivity index (χ0n) is 21.4. The summed E-state index contributed by atoms with van der Waals surface area (Å²) >= 11 is 0. The van der Waals surface area contributed by atoms with Gasteiger partial charge in [-0.05, 0) is 32.1 Å². The second kappa shape index (κ2) is 13.4. The van der Waals surface area contributed by atoms with Crippen molar-refractivity contribution in [3.8, 4) is 0 Å². The maximum Gasteiger partial charge on any atom is 0.330 e. The van der Waals surface area contributed by atoms with Crippen LogP contribution in [0.5, 0.6) is 0 Å². The number of carbonyl (C=O) groups is 6. The van der Waals surface area contributed by atoms with Gasteiger partial charge >= 0.3 is 35.8 Å². The Hall–Kier alpha value is -3.42. The zero-order chi connectivity index (χ0) is 28.7. The van der Waals surface area contributed by atoms with E-state index in [0.717, 1.165) is 0 Å². The van der Waals surface area contributed by atoms with E-state index in [2.05, 4.69) is 23.8 Å². The molecule has 0 radical (unpaired) electrons. The van der Waals surface area contributed by atoms with Gasteiger partial charge in [-0.3, -0.25) is 24.0 Å². The SMILES string of the molecule is C=C(C)[C@H]1CN[C@H](C(=O)O)[C@H]1CC(=O)OC(=O)CC[C@H](N)C(=O)OC(=O)C[C@H]1[C@@H](C(=C)C)CN[C@@H]1C(=O)O. The number of carboxylic acids is 2. The number of aliphatic carboxylic acids is 2. The molecule has 2 aliphatic rings. The predicted octanol–water partition coefficient (Wildman–Crippen LogP) is -0.256. The van der Waals surface area contributed by atoms with Crippen LogP contribution in [0, 0.1) is 23.7 Å². The van der Waals surface area contributed by atoms with E-state index in [1.165, 1.54) is 0 Å². The molecular formula is C25H35N3O10. The number of esters is 4. The molecule has 0 saturated carbocycles. The summed E-state index contributed by atoms with van der Waals surface area (Å²) in [6.07, 6.45) is -1.40. The minimum Gasteiger partial charge on any atom is -0.480 e. The van der Waals surface area contributed by atoms with E-state index in [0.29, 0.717) is 24.2 Å². The minimum absolute atomic E-state index is 0.282. The highest BCUT2D eigenvalue weighted by atomic mass is 16.6. The molecule has 6 N–H and O–H groups in total. The summed E-state index contributed by atoms with van der Waals surface area (Å²) in [6, 6.07) is -3.37. The fourth-order valence-corrected chi connectivity index (χ4v) is 4.94. The lowest BCUT2D eigenvalue weighted by atomic mass is 9.84. The van der Waals surface area contributed by atoms with Crippen molar-refractivity contribution in [2.75, 3.05) is 13.1 Å². The van der Waals surface area contributed by atoms with Gasteiger partial charge in [0, 0.05) is 31.3 Å². The standard InChI is InChI=1S/C25H35N3O10/c1-11(2)15-9-27-21(23(32)33)13(15)7-19(30)37-18(29)6-5-17(26)25(36)38-20(31)8-14-16(12(3)4)10-28-22(14)24(34)35/h13-17,21-22,27-28H,1,3,5-10,26H2,2,4H3,(H,32,33)(H,34,35)/t13-,14-,15+,16+,17-,21-,22-/m0/s1. The first-order chi connectivity index (χ1) is 17.7. The van der Waals surface area contributed by atoms with Crippen molar-refractivity contribution in [1.29, 1.82) is 0 Å². The van der Waals surface area contributed by atoms with E-state index < -0.39 is 72.2 Å². The number of carbonyl (C=O) groups excluding carboxylic acids is 4. The van der Waals surface area contributed by atoms with Crippen LogP contribution >= 0.6 is 0 Å². The maximum absolute atomic E-state index is 12.3. The molecule has 2 aliphatic heterocycles. The second-order valence-electron chi connectivity index (χ2n) is 9.87. The van der Waals surface area contributed by atoms with Crippen LogP contribution in [-0.2, 0) is 38.2 Å². The molecule has 0 aromatic carbocycles. The smallest absolute Gasteiger partial charge is 0.330 e. The van der Waals surface area contributed by atoms with E-state index in [4.69, 9.17) is 15.2 Å². The Balaban J connectivity index is 1.82. The molecule has 0 unspecified atom stereocenters. The van der Waals surface area contributed by atoms with Gasteiger partial charge in [-0.1, -0.05) is 24.3 Å². The van der Waals surface area contributed by atoms with Gasteiger partial charge in [0.2, 0.25) is 0 Å². The van der Waals surface area contributed by atoms with Gasteiger partial charge in [0.1, 0.15) is 18.1 Å². The Morgan fingerprint density at radius 1 is 0.816 bits per heavy atom. The van der Waals surface area contributed by atoms with Gasteiger partial charge in [0.25, 0.3) is 0 Å². The van der Waals surface area contributed by atoms with E-state index in [9.17, 15) is 39.0 Å². The lowest BCUT2D eigenvalue weighted by Crippen LogP contribution is -2.39. The molecule has 7 atom stereocenters. The fraction of sp³-hybridized carbons (Fsp3) is 0.600. The van der Waals surface area contributed by atoms with Crippen molar-refractivity contribution in [2.45, 2.75) is 57.7 Å². The second-order valence-corrected chi connectivity index (χ2v) is 9.87. The van der Waals surface area contributed by atoms with Gasteiger partial charge in [0.15, 0.2) is 0 Å². The molecule has 0 aromatic rings. The molecule has 0 aromatic heterocycles. The molecule has 0 amide bonds. The summed E-state index contributed by atoms with van der Waals surface area (Å²) in [5.74, 6) is -8.11. The van der Waals surface area contributed by atoms with E-state index in [-0.39, 0.29) is 31.1 Å². The first-order valence-electron chi connectivity index (χ1n) is 12.2. The van der Waals surface area contributed by atoms with E-state index in [1.807, 2.05) is 0 Å². The molecule has 38 heavy (non-hydrogen) atoms. The minimum atomic E-state index is -1.38. The van der Waals surface area contributed by atoms with Crippen molar-refractivity contribution < 1.29 is 48.5 Å². The molecule has 13 nitrogen and oxygen atoms in total. The molecule has 0 aliphatic carbocycles. The molecule has 2 rings (SSSR count). The Labute approximate surface area is 219 Å². The largest absolute Gasteiger partial charge is 0.480 e. The first kappa shape index (κ1) is 30.8. The maximum atomic E-state index is 12.3. The van der Waals surface area contributed by atoms with Crippen molar-refractivity contribution in [3.63, 3.8) is 0 Å². The zero-order valence-corrected chi connectivity index (χ0v) is 21.4. The summed E-state index contributed by atoms with van der Waals surface area (Å²) in [5, 5.41) is 24.4. The lowest BCUT2D eigenvalue weighted by Gasteiger charge is -2.21. The van der Waals surface area contributed by atoms with Crippen molar-refractivity contribution >= 4 is 35.8 Å². The number of rotatable bonds is 12.